The smallest absolute Gasteiger partial charge is 0.123 e. The summed E-state index contributed by atoms with van der Waals surface area (Å²) in [5.74, 6) is 0.839. The first-order valence-corrected chi connectivity index (χ1v) is 12.4. The van der Waals surface area contributed by atoms with Crippen molar-refractivity contribution in [1.82, 2.24) is 4.98 Å². The molecule has 0 bridgehead atoms. The van der Waals surface area contributed by atoms with Gasteiger partial charge in [0.15, 0.2) is 0 Å². The highest BCUT2D eigenvalue weighted by Gasteiger charge is 2.23. The van der Waals surface area contributed by atoms with Crippen LogP contribution in [-0.2, 0) is 12.4 Å². The fraction of sp³-hybridized carbons (Fsp3) is 0.276. The lowest BCUT2D eigenvalue weighted by molar-refractivity contribution is 0.279. The Morgan fingerprint density at radius 2 is 1.45 bits per heavy atom. The lowest BCUT2D eigenvalue weighted by atomic mass is 9.88. The van der Waals surface area contributed by atoms with Crippen molar-refractivity contribution in [3.8, 4) is 11.1 Å². The highest BCUT2D eigenvalue weighted by Crippen LogP contribution is 2.40. The third-order valence-corrected chi connectivity index (χ3v) is 7.07. The third-order valence-electron chi connectivity index (χ3n) is 5.97. The Hall–Kier alpha value is -2.69. The highest BCUT2D eigenvalue weighted by atomic mass is 32.2. The van der Waals surface area contributed by atoms with Crippen molar-refractivity contribution in [2.24, 2.45) is 0 Å². The molecule has 0 aliphatic rings. The number of aliphatic hydroxyl groups is 1. The number of pyridine rings is 1. The van der Waals surface area contributed by atoms with Gasteiger partial charge in [-0.15, -0.1) is 11.8 Å². The molecule has 1 heterocycles. The van der Waals surface area contributed by atoms with Crippen LogP contribution in [0.15, 0.2) is 71.6 Å². The van der Waals surface area contributed by atoms with E-state index >= 15 is 0 Å². The Morgan fingerprint density at radius 3 is 2.12 bits per heavy atom. The molecule has 0 aliphatic carbocycles. The molecule has 1 aromatic heterocycles. The average Bonchev–Trinajstić information content (AvgIpc) is 2.82. The molecule has 4 rings (SSSR count). The number of benzene rings is 3. The summed E-state index contributed by atoms with van der Waals surface area (Å²) in [5, 5.41) is 12.9. The van der Waals surface area contributed by atoms with E-state index in [4.69, 9.17) is 4.98 Å². The molecule has 4 heteroatoms. The fourth-order valence-corrected chi connectivity index (χ4v) is 5.51. The number of fused-ring (bicyclic) bond motifs is 1. The highest BCUT2D eigenvalue weighted by molar-refractivity contribution is 7.98. The van der Waals surface area contributed by atoms with Gasteiger partial charge in [-0.25, -0.2) is 4.39 Å². The second-order valence-electron chi connectivity index (χ2n) is 8.95. The molecule has 4 aromatic rings. The van der Waals surface area contributed by atoms with E-state index in [0.717, 1.165) is 33.6 Å². The van der Waals surface area contributed by atoms with Gasteiger partial charge >= 0.3 is 0 Å². The van der Waals surface area contributed by atoms with Gasteiger partial charge in [-0.3, -0.25) is 4.98 Å². The van der Waals surface area contributed by atoms with Crippen LogP contribution in [0.25, 0.3) is 21.9 Å². The van der Waals surface area contributed by atoms with Crippen LogP contribution in [0.2, 0.25) is 0 Å². The normalized spacial score (nSPS) is 11.6. The van der Waals surface area contributed by atoms with Crippen molar-refractivity contribution in [2.45, 2.75) is 56.8 Å². The molecular formula is C29H30FNOS. The Morgan fingerprint density at radius 1 is 0.818 bits per heavy atom. The number of rotatable bonds is 7. The van der Waals surface area contributed by atoms with Gasteiger partial charge in [-0.1, -0.05) is 76.2 Å². The molecule has 0 fully saturated rings. The minimum Gasteiger partial charge on any atom is -0.392 e. The zero-order chi connectivity index (χ0) is 23.5. The summed E-state index contributed by atoms with van der Waals surface area (Å²) in [5.41, 5.74) is 5.83. The summed E-state index contributed by atoms with van der Waals surface area (Å²) in [6.45, 7) is 8.42. The number of aliphatic hydroxyl groups excluding tert-OH is 1. The van der Waals surface area contributed by atoms with Gasteiger partial charge < -0.3 is 5.11 Å². The quantitative estimate of drug-likeness (QED) is 0.284. The van der Waals surface area contributed by atoms with E-state index in [-0.39, 0.29) is 24.3 Å². The Bertz CT molecular complexity index is 1260. The molecule has 0 aliphatic heterocycles. The van der Waals surface area contributed by atoms with Crippen LogP contribution in [0, 0.1) is 5.82 Å². The van der Waals surface area contributed by atoms with Crippen molar-refractivity contribution in [3.63, 3.8) is 0 Å². The van der Waals surface area contributed by atoms with Gasteiger partial charge in [-0.2, -0.15) is 0 Å². The first kappa shape index (κ1) is 23.5. The topological polar surface area (TPSA) is 33.1 Å². The molecule has 170 valence electrons. The molecule has 2 nitrogen and oxygen atoms in total. The zero-order valence-corrected chi connectivity index (χ0v) is 20.4. The van der Waals surface area contributed by atoms with Gasteiger partial charge in [0.1, 0.15) is 5.82 Å². The van der Waals surface area contributed by atoms with Gasteiger partial charge in [0.2, 0.25) is 0 Å². The summed E-state index contributed by atoms with van der Waals surface area (Å²) in [4.78, 5) is 6.29. The molecule has 0 spiro atoms. The number of thioether (sulfide) groups is 1. The van der Waals surface area contributed by atoms with Gasteiger partial charge in [0, 0.05) is 27.6 Å². The first-order chi connectivity index (χ1) is 15.9. The maximum Gasteiger partial charge on any atom is 0.123 e. The van der Waals surface area contributed by atoms with Gasteiger partial charge in [0.05, 0.1) is 6.61 Å². The predicted octanol–water partition coefficient (Wildman–Crippen LogP) is 8.07. The number of hydrogen-bond acceptors (Lipinski definition) is 3. The van der Waals surface area contributed by atoms with Crippen molar-refractivity contribution in [1.29, 1.82) is 0 Å². The van der Waals surface area contributed by atoms with E-state index in [9.17, 15) is 9.50 Å². The van der Waals surface area contributed by atoms with E-state index < -0.39 is 0 Å². The second kappa shape index (κ2) is 10.1. The van der Waals surface area contributed by atoms with Crippen LogP contribution in [0.5, 0.6) is 0 Å². The second-order valence-corrected chi connectivity index (χ2v) is 9.97. The van der Waals surface area contributed by atoms with E-state index in [2.05, 4.69) is 70.2 Å². The van der Waals surface area contributed by atoms with Crippen LogP contribution in [0.4, 0.5) is 4.39 Å². The van der Waals surface area contributed by atoms with Crippen molar-refractivity contribution in [3.05, 3.63) is 95.1 Å². The maximum atomic E-state index is 13.8. The summed E-state index contributed by atoms with van der Waals surface area (Å²) in [6.07, 6.45) is 0. The number of halogens is 1. The van der Waals surface area contributed by atoms with Crippen molar-refractivity contribution in [2.75, 3.05) is 0 Å². The third kappa shape index (κ3) is 4.83. The molecule has 33 heavy (non-hydrogen) atoms. The molecule has 1 N–H and O–H groups in total. The molecule has 3 aromatic carbocycles. The number of nitrogens with zero attached hydrogens (tertiary/aromatic N) is 1. The molecule has 0 unspecified atom stereocenters. The summed E-state index contributed by atoms with van der Waals surface area (Å²) in [6, 6.07) is 21.4. The Kier molecular flexibility index (Phi) is 7.16. The zero-order valence-electron chi connectivity index (χ0n) is 19.6. The van der Waals surface area contributed by atoms with E-state index in [1.807, 2.05) is 12.1 Å². The lowest BCUT2D eigenvalue weighted by Gasteiger charge is -2.24. The van der Waals surface area contributed by atoms with Gasteiger partial charge in [-0.05, 0) is 57.5 Å². The molecule has 0 atom stereocenters. The summed E-state index contributed by atoms with van der Waals surface area (Å²) >= 11 is 1.78. The summed E-state index contributed by atoms with van der Waals surface area (Å²) in [7, 11) is 0. The van der Waals surface area contributed by atoms with E-state index in [1.165, 1.54) is 27.8 Å². The van der Waals surface area contributed by atoms with E-state index in [0.29, 0.717) is 5.75 Å². The Balaban J connectivity index is 1.90. The predicted molar refractivity (Wildman–Crippen MR) is 137 cm³/mol. The molecule has 0 radical (unpaired) electrons. The lowest BCUT2D eigenvalue weighted by Crippen LogP contribution is -2.12. The minimum absolute atomic E-state index is 0.0997. The standard InChI is InChI=1S/C29H30FNOS/c1-18(2)28-24(16-32)27(21-12-14-22(30)15-13-21)25(29(31-28)19(3)4)17-33-26-11-7-9-20-8-5-6-10-23(20)26/h5-15,18-19,32H,16-17H2,1-4H3. The summed E-state index contributed by atoms with van der Waals surface area (Å²) < 4.78 is 13.8. The molecular weight excluding hydrogens is 429 g/mol. The van der Waals surface area contributed by atoms with Crippen LogP contribution >= 0.6 is 11.8 Å². The van der Waals surface area contributed by atoms with Crippen LogP contribution < -0.4 is 0 Å². The first-order valence-electron chi connectivity index (χ1n) is 11.4. The molecule has 0 saturated carbocycles. The monoisotopic (exact) mass is 459 g/mol. The number of aromatic nitrogens is 1. The SMILES string of the molecule is CC(C)c1nc(C(C)C)c(CSc2cccc3ccccc23)c(-c2ccc(F)cc2)c1CO. The number of hydrogen-bond donors (Lipinski definition) is 1. The molecule has 0 saturated heterocycles. The Labute approximate surface area is 199 Å². The fourth-order valence-electron chi connectivity index (χ4n) is 4.40. The average molecular weight is 460 g/mol. The van der Waals surface area contributed by atoms with Gasteiger partial charge in [0.25, 0.3) is 0 Å². The minimum atomic E-state index is -0.266. The van der Waals surface area contributed by atoms with Crippen LogP contribution in [-0.4, -0.2) is 10.1 Å². The molecule has 0 amide bonds. The van der Waals surface area contributed by atoms with Crippen molar-refractivity contribution >= 4 is 22.5 Å². The largest absolute Gasteiger partial charge is 0.392 e. The van der Waals surface area contributed by atoms with E-state index in [1.54, 1.807) is 11.8 Å². The van der Waals surface area contributed by atoms with Crippen LogP contribution in [0.1, 0.15) is 62.0 Å². The van der Waals surface area contributed by atoms with Crippen LogP contribution in [0.3, 0.4) is 0 Å². The van der Waals surface area contributed by atoms with Crippen molar-refractivity contribution < 1.29 is 9.50 Å². The maximum absolute atomic E-state index is 13.8.